The predicted molar refractivity (Wildman–Crippen MR) is 171 cm³/mol. The highest BCUT2D eigenvalue weighted by Gasteiger charge is 2.38. The average molecular weight is 590 g/mol. The van der Waals surface area contributed by atoms with Gasteiger partial charge in [-0.3, -0.25) is 5.32 Å². The van der Waals surface area contributed by atoms with Crippen LogP contribution in [0, 0.1) is 0 Å². The van der Waals surface area contributed by atoms with E-state index >= 15 is 0 Å². The first kappa shape index (κ1) is 29.4. The van der Waals surface area contributed by atoms with Crippen molar-refractivity contribution in [3.63, 3.8) is 0 Å². The third-order valence-electron chi connectivity index (χ3n) is 8.21. The van der Waals surface area contributed by atoms with Gasteiger partial charge in [0.25, 0.3) is 0 Å². The molecule has 0 saturated heterocycles. The Bertz CT molecular complexity index is 1680. The Morgan fingerprint density at radius 3 is 1.70 bits per heavy atom. The lowest BCUT2D eigenvalue weighted by atomic mass is 9.76. The van der Waals surface area contributed by atoms with Crippen LogP contribution in [-0.2, 0) is 24.7 Å². The molecule has 0 radical (unpaired) electrons. The molecule has 6 rings (SSSR count). The van der Waals surface area contributed by atoms with Crippen molar-refractivity contribution < 1.29 is 13.2 Å². The summed E-state index contributed by atoms with van der Waals surface area (Å²) < 4.78 is 41.3. The van der Waals surface area contributed by atoms with Gasteiger partial charge in [0.1, 0.15) is 0 Å². The zero-order valence-electron chi connectivity index (χ0n) is 24.2. The highest BCUT2D eigenvalue weighted by Crippen LogP contribution is 2.38. The summed E-state index contributed by atoms with van der Waals surface area (Å²) in [5, 5.41) is 8.56. The molecule has 0 amide bonds. The molecule has 0 bridgehead atoms. The maximum atomic E-state index is 13.8. The molecule has 0 aliphatic rings. The topological polar surface area (TPSA) is 39.9 Å². The normalized spacial score (nSPS) is 12.8. The van der Waals surface area contributed by atoms with Gasteiger partial charge in [0.05, 0.1) is 11.1 Å². The van der Waals surface area contributed by atoms with Crippen LogP contribution in [0.2, 0.25) is 0 Å². The van der Waals surface area contributed by atoms with Crippen molar-refractivity contribution in [3.05, 3.63) is 179 Å². The highest BCUT2D eigenvalue weighted by atomic mass is 19.4. The Kier molecular flexibility index (Phi) is 8.64. The fourth-order valence-electron chi connectivity index (χ4n) is 6.19. The van der Waals surface area contributed by atoms with Crippen molar-refractivity contribution in [1.82, 2.24) is 15.6 Å². The molecule has 0 spiro atoms. The van der Waals surface area contributed by atoms with Crippen LogP contribution in [0.15, 0.2) is 146 Å². The van der Waals surface area contributed by atoms with E-state index in [9.17, 15) is 13.2 Å². The van der Waals surface area contributed by atoms with E-state index in [4.69, 9.17) is 0 Å². The summed E-state index contributed by atoms with van der Waals surface area (Å²) in [6, 6.07) is 44.8. The van der Waals surface area contributed by atoms with Gasteiger partial charge in [0.15, 0.2) is 0 Å². The van der Waals surface area contributed by atoms with E-state index in [0.717, 1.165) is 39.2 Å². The van der Waals surface area contributed by atoms with Crippen LogP contribution in [0.3, 0.4) is 0 Å². The van der Waals surface area contributed by atoms with Gasteiger partial charge < -0.3 is 10.3 Å². The fraction of sp³-hybridized carbons (Fsp3) is 0.158. The van der Waals surface area contributed by atoms with Gasteiger partial charge in [0, 0.05) is 36.2 Å². The summed E-state index contributed by atoms with van der Waals surface area (Å²) in [4.78, 5) is 3.38. The Labute approximate surface area is 255 Å². The number of aromatic amines is 1. The number of hydrogen-bond donors (Lipinski definition) is 3. The maximum Gasteiger partial charge on any atom is 0.416 e. The zero-order chi connectivity index (χ0) is 30.4. The van der Waals surface area contributed by atoms with Gasteiger partial charge in [0.2, 0.25) is 0 Å². The maximum absolute atomic E-state index is 13.8. The van der Waals surface area contributed by atoms with Crippen LogP contribution in [0.25, 0.3) is 10.9 Å². The van der Waals surface area contributed by atoms with E-state index in [1.807, 2.05) is 72.9 Å². The summed E-state index contributed by atoms with van der Waals surface area (Å²) >= 11 is 0. The number of fused-ring (bicyclic) bond motifs is 1. The number of halogens is 3. The van der Waals surface area contributed by atoms with Crippen molar-refractivity contribution in [2.45, 2.75) is 30.7 Å². The number of benzene rings is 5. The number of nitrogens with one attached hydrogen (secondary N) is 3. The number of aromatic nitrogens is 1. The minimum Gasteiger partial charge on any atom is -0.361 e. The van der Waals surface area contributed by atoms with Gasteiger partial charge in [-0.15, -0.1) is 0 Å². The third-order valence-corrected chi connectivity index (χ3v) is 8.21. The fourth-order valence-corrected chi connectivity index (χ4v) is 6.19. The van der Waals surface area contributed by atoms with Crippen LogP contribution in [0.1, 0.15) is 33.4 Å². The zero-order valence-corrected chi connectivity index (χ0v) is 24.2. The van der Waals surface area contributed by atoms with Crippen LogP contribution in [0.5, 0.6) is 0 Å². The number of alkyl halides is 3. The molecule has 0 fully saturated rings. The Morgan fingerprint density at radius 2 is 1.11 bits per heavy atom. The molecule has 222 valence electrons. The lowest BCUT2D eigenvalue weighted by molar-refractivity contribution is -0.138. The van der Waals surface area contributed by atoms with Gasteiger partial charge in [-0.05, 0) is 46.4 Å². The molecule has 44 heavy (non-hydrogen) atoms. The van der Waals surface area contributed by atoms with Gasteiger partial charge in [-0.1, -0.05) is 127 Å². The molecule has 3 nitrogen and oxygen atoms in total. The van der Waals surface area contributed by atoms with Gasteiger partial charge in [-0.2, -0.15) is 13.2 Å². The monoisotopic (exact) mass is 589 g/mol. The number of hydrogen-bond acceptors (Lipinski definition) is 2. The molecule has 0 aliphatic carbocycles. The molecule has 0 aliphatic heterocycles. The lowest BCUT2D eigenvalue weighted by Gasteiger charge is -2.40. The van der Waals surface area contributed by atoms with Crippen LogP contribution in [-0.4, -0.2) is 17.6 Å². The Balaban J connectivity index is 1.42. The van der Waals surface area contributed by atoms with E-state index < -0.39 is 17.3 Å². The van der Waals surface area contributed by atoms with Gasteiger partial charge in [-0.25, -0.2) is 0 Å². The molecule has 0 saturated carbocycles. The van der Waals surface area contributed by atoms with E-state index in [0.29, 0.717) is 13.0 Å². The van der Waals surface area contributed by atoms with E-state index in [2.05, 4.69) is 64.1 Å². The first-order valence-corrected chi connectivity index (χ1v) is 14.8. The van der Waals surface area contributed by atoms with Crippen LogP contribution in [0.4, 0.5) is 13.2 Å². The average Bonchev–Trinajstić information content (AvgIpc) is 3.47. The standard InChI is InChI=1S/C38H34F3N3/c39-38(40,41)35-22-12-10-14-28(35)25-42-27-33(24-29-26-43-36-23-13-11-21-34(29)36)44-37(30-15-4-1-5-16-30,31-17-6-2-7-18-31)32-19-8-3-9-20-32/h1-23,26,33,42-44H,24-25,27H2. The molecule has 1 aromatic heterocycles. The number of rotatable bonds is 11. The quantitative estimate of drug-likeness (QED) is 0.133. The molecular weight excluding hydrogens is 555 g/mol. The minimum absolute atomic E-state index is 0.0940. The van der Waals surface area contributed by atoms with Crippen molar-refractivity contribution in [3.8, 4) is 0 Å². The first-order chi connectivity index (χ1) is 21.4. The van der Waals surface area contributed by atoms with Crippen LogP contribution >= 0.6 is 0 Å². The lowest BCUT2D eigenvalue weighted by Crippen LogP contribution is -2.53. The number of H-pyrrole nitrogens is 1. The molecular formula is C38H34F3N3. The largest absolute Gasteiger partial charge is 0.416 e. The summed E-state index contributed by atoms with van der Waals surface area (Å²) in [6.07, 6.45) is -1.73. The van der Waals surface area contributed by atoms with E-state index in [1.54, 1.807) is 12.1 Å². The van der Waals surface area contributed by atoms with Gasteiger partial charge >= 0.3 is 6.18 Å². The molecule has 3 N–H and O–H groups in total. The molecule has 5 aromatic carbocycles. The third kappa shape index (κ3) is 6.18. The second-order valence-electron chi connectivity index (χ2n) is 11.0. The Morgan fingerprint density at radius 1 is 0.591 bits per heavy atom. The molecule has 6 aromatic rings. The van der Waals surface area contributed by atoms with Crippen LogP contribution < -0.4 is 10.6 Å². The predicted octanol–water partition coefficient (Wildman–Crippen LogP) is 8.47. The minimum atomic E-state index is -4.41. The SMILES string of the molecule is FC(F)(F)c1ccccc1CNCC(Cc1c[nH]c2ccccc12)NC(c1ccccc1)(c1ccccc1)c1ccccc1. The molecule has 1 unspecified atom stereocenters. The van der Waals surface area contributed by atoms with E-state index in [1.165, 1.54) is 6.07 Å². The first-order valence-electron chi connectivity index (χ1n) is 14.8. The second-order valence-corrected chi connectivity index (χ2v) is 11.0. The summed E-state index contributed by atoms with van der Waals surface area (Å²) in [6.45, 7) is 0.525. The van der Waals surface area contributed by atoms with Crippen molar-refractivity contribution >= 4 is 10.9 Å². The molecule has 6 heteroatoms. The van der Waals surface area contributed by atoms with Crippen molar-refractivity contribution in [2.24, 2.45) is 0 Å². The second kappa shape index (κ2) is 12.9. The summed E-state index contributed by atoms with van der Waals surface area (Å²) in [7, 11) is 0. The number of para-hydroxylation sites is 1. The van der Waals surface area contributed by atoms with E-state index in [-0.39, 0.29) is 18.2 Å². The highest BCUT2D eigenvalue weighted by molar-refractivity contribution is 5.83. The summed E-state index contributed by atoms with van der Waals surface area (Å²) in [5.74, 6) is 0. The smallest absolute Gasteiger partial charge is 0.361 e. The molecule has 1 heterocycles. The van der Waals surface area contributed by atoms with Crippen molar-refractivity contribution in [1.29, 1.82) is 0 Å². The van der Waals surface area contributed by atoms with Crippen molar-refractivity contribution in [2.75, 3.05) is 6.54 Å². The summed E-state index contributed by atoms with van der Waals surface area (Å²) in [5.41, 5.74) is 4.29. The Hall–Kier alpha value is -4.65. The molecule has 1 atom stereocenters.